The van der Waals surface area contributed by atoms with Crippen molar-refractivity contribution in [2.24, 2.45) is 35.5 Å². The number of hydrogen-bond donors (Lipinski definition) is 0. The molecule has 0 amide bonds. The Kier molecular flexibility index (Phi) is 7.41. The Bertz CT molecular complexity index is 740. The van der Waals surface area contributed by atoms with Crippen LogP contribution in [0, 0.1) is 54.1 Å². The fourth-order valence-corrected chi connectivity index (χ4v) is 6.85. The second kappa shape index (κ2) is 9.93. The van der Waals surface area contributed by atoms with E-state index in [-0.39, 0.29) is 5.56 Å². The second-order valence-electron chi connectivity index (χ2n) is 10.8. The minimum absolute atomic E-state index is 0.186. The van der Waals surface area contributed by atoms with Crippen molar-refractivity contribution in [2.75, 3.05) is 0 Å². The Morgan fingerprint density at radius 1 is 0.781 bits per heavy atom. The summed E-state index contributed by atoms with van der Waals surface area (Å²) in [5, 5.41) is 0. The molecule has 3 saturated carbocycles. The van der Waals surface area contributed by atoms with Crippen LogP contribution >= 0.6 is 0 Å². The van der Waals surface area contributed by atoms with E-state index in [9.17, 15) is 17.6 Å². The smallest absolute Gasteiger partial charge is 0.400 e. The van der Waals surface area contributed by atoms with Gasteiger partial charge in [0.1, 0.15) is 17.4 Å². The van der Waals surface area contributed by atoms with Crippen LogP contribution in [0.25, 0.3) is 0 Å². The Morgan fingerprint density at radius 2 is 1.25 bits per heavy atom. The van der Waals surface area contributed by atoms with E-state index >= 15 is 0 Å². The van der Waals surface area contributed by atoms with Gasteiger partial charge in [0, 0.05) is 17.7 Å². The molecule has 180 valence electrons. The number of rotatable bonds is 6. The van der Waals surface area contributed by atoms with Gasteiger partial charge < -0.3 is 4.74 Å². The Balaban J connectivity index is 1.25. The number of ether oxygens (including phenoxy) is 1. The molecule has 1 aromatic carbocycles. The van der Waals surface area contributed by atoms with Crippen LogP contribution in [-0.2, 0) is 0 Å². The molecule has 2 atom stereocenters. The first kappa shape index (κ1) is 23.9. The highest BCUT2D eigenvalue weighted by Crippen LogP contribution is 2.48. The summed E-state index contributed by atoms with van der Waals surface area (Å²) < 4.78 is 61.7. The third kappa shape index (κ3) is 5.28. The lowest BCUT2D eigenvalue weighted by atomic mass is 9.67. The van der Waals surface area contributed by atoms with E-state index in [1.165, 1.54) is 58.3 Å². The maximum atomic E-state index is 14.7. The predicted molar refractivity (Wildman–Crippen MR) is 119 cm³/mol. The number of halogens is 4. The Hall–Kier alpha value is -1.26. The minimum atomic E-state index is -3.41. The average molecular weight is 455 g/mol. The molecule has 2 unspecified atom stereocenters. The largest absolute Gasteiger partial charge is 0.432 e. The van der Waals surface area contributed by atoms with Gasteiger partial charge in [0.05, 0.1) is 5.92 Å². The van der Waals surface area contributed by atoms with Crippen molar-refractivity contribution in [3.05, 3.63) is 29.3 Å². The van der Waals surface area contributed by atoms with E-state index in [4.69, 9.17) is 4.74 Å². The second-order valence-corrected chi connectivity index (χ2v) is 10.8. The SMILES string of the molecule is CCC1CCC(C2CCC(C3CCC(C(F)(F)Oc4cc(F)c(C)c(F)c4)CC3)CC2)C1. The molecular weight excluding hydrogens is 416 g/mol. The molecule has 1 nitrogen and oxygen atoms in total. The topological polar surface area (TPSA) is 9.23 Å². The van der Waals surface area contributed by atoms with Crippen LogP contribution in [0.15, 0.2) is 12.1 Å². The lowest BCUT2D eigenvalue weighted by molar-refractivity contribution is -0.224. The highest BCUT2D eigenvalue weighted by Gasteiger charge is 2.45. The van der Waals surface area contributed by atoms with Gasteiger partial charge in [-0.1, -0.05) is 19.8 Å². The molecule has 0 saturated heterocycles. The molecule has 0 bridgehead atoms. The average Bonchev–Trinajstić information content (AvgIpc) is 3.27. The van der Waals surface area contributed by atoms with E-state index in [0.717, 1.165) is 42.7 Å². The summed E-state index contributed by atoms with van der Waals surface area (Å²) in [7, 11) is 0. The normalized spacial score (nSPS) is 33.9. The van der Waals surface area contributed by atoms with Crippen LogP contribution in [0.2, 0.25) is 0 Å². The highest BCUT2D eigenvalue weighted by molar-refractivity contribution is 5.30. The quantitative estimate of drug-likeness (QED) is 0.391. The fraction of sp³-hybridized carbons (Fsp3) is 0.778. The molecule has 1 aromatic rings. The van der Waals surface area contributed by atoms with Crippen LogP contribution in [0.1, 0.15) is 89.5 Å². The molecule has 0 heterocycles. The van der Waals surface area contributed by atoms with E-state index in [1.54, 1.807) is 0 Å². The molecule has 0 radical (unpaired) electrons. The molecular formula is C27H38F4O. The van der Waals surface area contributed by atoms with Crippen molar-refractivity contribution >= 4 is 0 Å². The summed E-state index contributed by atoms with van der Waals surface area (Å²) in [6, 6.07) is 1.70. The van der Waals surface area contributed by atoms with Crippen molar-refractivity contribution in [3.63, 3.8) is 0 Å². The number of hydrogen-bond acceptors (Lipinski definition) is 1. The summed E-state index contributed by atoms with van der Waals surface area (Å²) in [4.78, 5) is 0. The third-order valence-corrected chi connectivity index (χ3v) is 9.06. The van der Waals surface area contributed by atoms with Crippen molar-refractivity contribution in [2.45, 2.75) is 97.0 Å². The van der Waals surface area contributed by atoms with E-state index in [0.29, 0.717) is 24.7 Å². The molecule has 4 rings (SSSR count). The standard InChI is InChI=1S/C27H38F4O/c1-3-18-4-5-22(14-18)21-8-6-19(7-9-21)20-10-12-23(13-11-20)27(30,31)32-24-15-25(28)17(2)26(29)16-24/h15-16,18-23H,3-14H2,1-2H3. The molecule has 0 aliphatic heterocycles. The van der Waals surface area contributed by atoms with Gasteiger partial charge in [-0.2, -0.15) is 8.78 Å². The van der Waals surface area contributed by atoms with Gasteiger partial charge in [-0.15, -0.1) is 0 Å². The predicted octanol–water partition coefficient (Wildman–Crippen LogP) is 8.68. The lowest BCUT2D eigenvalue weighted by Crippen LogP contribution is -2.38. The molecule has 0 N–H and O–H groups in total. The van der Waals surface area contributed by atoms with Gasteiger partial charge in [-0.3, -0.25) is 0 Å². The van der Waals surface area contributed by atoms with Crippen molar-refractivity contribution in [3.8, 4) is 5.75 Å². The molecule has 3 fully saturated rings. The number of alkyl halides is 2. The number of benzene rings is 1. The van der Waals surface area contributed by atoms with E-state index in [2.05, 4.69) is 6.92 Å². The maximum Gasteiger partial charge on any atom is 0.400 e. The van der Waals surface area contributed by atoms with Crippen LogP contribution < -0.4 is 4.74 Å². The van der Waals surface area contributed by atoms with Gasteiger partial charge in [-0.05, 0) is 101 Å². The molecule has 0 spiro atoms. The first-order chi connectivity index (χ1) is 15.3. The minimum Gasteiger partial charge on any atom is -0.432 e. The van der Waals surface area contributed by atoms with Gasteiger partial charge in [-0.25, -0.2) is 8.78 Å². The van der Waals surface area contributed by atoms with Gasteiger partial charge >= 0.3 is 6.11 Å². The fourth-order valence-electron chi connectivity index (χ4n) is 6.85. The zero-order valence-electron chi connectivity index (χ0n) is 19.5. The first-order valence-electron chi connectivity index (χ1n) is 12.8. The van der Waals surface area contributed by atoms with Crippen molar-refractivity contribution in [1.29, 1.82) is 0 Å². The zero-order valence-corrected chi connectivity index (χ0v) is 19.5. The van der Waals surface area contributed by atoms with E-state index in [1.807, 2.05) is 0 Å². The van der Waals surface area contributed by atoms with Crippen LogP contribution in [-0.4, -0.2) is 6.11 Å². The lowest BCUT2D eigenvalue weighted by Gasteiger charge is -2.40. The van der Waals surface area contributed by atoms with Crippen molar-refractivity contribution in [1.82, 2.24) is 0 Å². The third-order valence-electron chi connectivity index (χ3n) is 9.06. The first-order valence-corrected chi connectivity index (χ1v) is 12.8. The molecule has 3 aliphatic rings. The summed E-state index contributed by atoms with van der Waals surface area (Å²) in [6.45, 7) is 3.59. The molecule has 0 aromatic heterocycles. The van der Waals surface area contributed by atoms with E-state index < -0.39 is 29.4 Å². The highest BCUT2D eigenvalue weighted by atomic mass is 19.3. The van der Waals surface area contributed by atoms with Gasteiger partial charge in [0.2, 0.25) is 0 Å². The van der Waals surface area contributed by atoms with Crippen LogP contribution in [0.4, 0.5) is 17.6 Å². The molecule has 3 aliphatic carbocycles. The van der Waals surface area contributed by atoms with Crippen LogP contribution in [0.5, 0.6) is 5.75 Å². The van der Waals surface area contributed by atoms with Gasteiger partial charge in [0.25, 0.3) is 0 Å². The van der Waals surface area contributed by atoms with Crippen LogP contribution in [0.3, 0.4) is 0 Å². The monoisotopic (exact) mass is 454 g/mol. The van der Waals surface area contributed by atoms with Crippen molar-refractivity contribution < 1.29 is 22.3 Å². The Labute approximate surface area is 190 Å². The molecule has 32 heavy (non-hydrogen) atoms. The maximum absolute atomic E-state index is 14.7. The summed E-state index contributed by atoms with van der Waals surface area (Å²) in [5.74, 6) is 0.881. The summed E-state index contributed by atoms with van der Waals surface area (Å²) in [5.41, 5.74) is -0.186. The Morgan fingerprint density at radius 3 is 1.75 bits per heavy atom. The summed E-state index contributed by atoms with van der Waals surface area (Å²) >= 11 is 0. The molecule has 5 heteroatoms. The summed E-state index contributed by atoms with van der Waals surface area (Å²) in [6.07, 6.45) is 9.70. The zero-order chi connectivity index (χ0) is 22.9. The van der Waals surface area contributed by atoms with Gasteiger partial charge in [0.15, 0.2) is 0 Å².